The van der Waals surface area contributed by atoms with Gasteiger partial charge in [0, 0.05) is 23.1 Å². The van der Waals surface area contributed by atoms with Crippen LogP contribution in [-0.4, -0.2) is 19.5 Å². The molecule has 7 heteroatoms. The van der Waals surface area contributed by atoms with E-state index in [2.05, 4.69) is 27.1 Å². The van der Waals surface area contributed by atoms with Crippen LogP contribution < -0.4 is 0 Å². The number of H-pyrrole nitrogens is 1. The summed E-state index contributed by atoms with van der Waals surface area (Å²) >= 11 is 0. The lowest BCUT2D eigenvalue weighted by Gasteiger charge is -2.06. The van der Waals surface area contributed by atoms with Gasteiger partial charge >= 0.3 is 0 Å². The third-order valence-corrected chi connectivity index (χ3v) is 5.11. The number of aromatic amines is 1. The molecule has 4 rings (SSSR count). The summed E-state index contributed by atoms with van der Waals surface area (Å²) in [6, 6.07) is 8.21. The van der Waals surface area contributed by atoms with Crippen molar-refractivity contribution in [1.29, 1.82) is 10.5 Å². The van der Waals surface area contributed by atoms with E-state index < -0.39 is 0 Å². The molecule has 0 atom stereocenters. The fourth-order valence-electron chi connectivity index (χ4n) is 3.44. The standard InChI is InChI=1S/C22H18N6O/c1-12-7-16(14(3)28(12)22-18(10-24)13(2)15(4)29-22)8-17(9-23)21-26-19-5-6-25-11-20(19)27-21/h5-8,11H,1-4H3,(H,26,27)/b17-8+. The molecule has 0 aromatic carbocycles. The Morgan fingerprint density at radius 2 is 2.03 bits per heavy atom. The number of imidazole rings is 1. The Morgan fingerprint density at radius 1 is 1.24 bits per heavy atom. The molecule has 0 amide bonds. The van der Waals surface area contributed by atoms with Crippen LogP contribution in [0, 0.1) is 50.4 Å². The van der Waals surface area contributed by atoms with E-state index in [-0.39, 0.29) is 0 Å². The Morgan fingerprint density at radius 3 is 2.72 bits per heavy atom. The van der Waals surface area contributed by atoms with Gasteiger partial charge in [0.1, 0.15) is 29.3 Å². The first-order chi connectivity index (χ1) is 13.9. The van der Waals surface area contributed by atoms with Gasteiger partial charge in [-0.2, -0.15) is 10.5 Å². The Kier molecular flexibility index (Phi) is 4.29. The van der Waals surface area contributed by atoms with Crippen LogP contribution in [0.5, 0.6) is 0 Å². The van der Waals surface area contributed by atoms with Crippen molar-refractivity contribution in [2.75, 3.05) is 0 Å². The SMILES string of the molecule is Cc1oc(-n2c(C)cc(/C=C(\C#N)c3nc4ccncc4[nH]3)c2C)c(C#N)c1C. The molecule has 7 nitrogen and oxygen atoms in total. The second kappa shape index (κ2) is 6.81. The van der Waals surface area contributed by atoms with Gasteiger partial charge in [-0.25, -0.2) is 4.98 Å². The molecule has 0 aliphatic carbocycles. The van der Waals surface area contributed by atoms with Gasteiger partial charge in [0.15, 0.2) is 0 Å². The highest BCUT2D eigenvalue weighted by atomic mass is 16.4. The number of rotatable bonds is 3. The maximum absolute atomic E-state index is 9.71. The van der Waals surface area contributed by atoms with E-state index in [0.29, 0.717) is 22.8 Å². The zero-order valence-corrected chi connectivity index (χ0v) is 16.5. The molecule has 0 bridgehead atoms. The van der Waals surface area contributed by atoms with E-state index in [9.17, 15) is 10.5 Å². The summed E-state index contributed by atoms with van der Waals surface area (Å²) in [6.45, 7) is 7.60. The number of hydrogen-bond donors (Lipinski definition) is 1. The third-order valence-electron chi connectivity index (χ3n) is 5.11. The topological polar surface area (TPSA) is 107 Å². The lowest BCUT2D eigenvalue weighted by atomic mass is 10.1. The second-order valence-electron chi connectivity index (χ2n) is 6.89. The summed E-state index contributed by atoms with van der Waals surface area (Å²) in [5, 5.41) is 19.3. The number of nitriles is 2. The zero-order chi connectivity index (χ0) is 20.7. The fourth-order valence-corrected chi connectivity index (χ4v) is 3.44. The lowest BCUT2D eigenvalue weighted by molar-refractivity contribution is 0.503. The van der Waals surface area contributed by atoms with Crippen LogP contribution in [0.2, 0.25) is 0 Å². The molecule has 4 heterocycles. The molecular weight excluding hydrogens is 364 g/mol. The number of hydrogen-bond acceptors (Lipinski definition) is 5. The molecule has 0 unspecified atom stereocenters. The molecule has 0 fully saturated rings. The highest BCUT2D eigenvalue weighted by molar-refractivity contribution is 5.90. The van der Waals surface area contributed by atoms with Crippen molar-refractivity contribution in [1.82, 2.24) is 19.5 Å². The number of aryl methyl sites for hydroxylation is 2. The van der Waals surface area contributed by atoms with Gasteiger partial charge in [-0.15, -0.1) is 0 Å². The van der Waals surface area contributed by atoms with Crippen LogP contribution in [0.25, 0.3) is 28.6 Å². The zero-order valence-electron chi connectivity index (χ0n) is 16.5. The summed E-state index contributed by atoms with van der Waals surface area (Å²) in [4.78, 5) is 11.7. The van der Waals surface area contributed by atoms with Gasteiger partial charge < -0.3 is 9.40 Å². The van der Waals surface area contributed by atoms with Crippen molar-refractivity contribution in [3.63, 3.8) is 0 Å². The first-order valence-electron chi connectivity index (χ1n) is 9.06. The van der Waals surface area contributed by atoms with E-state index >= 15 is 0 Å². The predicted octanol–water partition coefficient (Wildman–Crippen LogP) is 4.51. The summed E-state index contributed by atoms with van der Waals surface area (Å²) in [5.74, 6) is 1.71. The van der Waals surface area contributed by atoms with Crippen molar-refractivity contribution in [3.05, 3.63) is 64.2 Å². The van der Waals surface area contributed by atoms with Crippen molar-refractivity contribution in [2.45, 2.75) is 27.7 Å². The monoisotopic (exact) mass is 382 g/mol. The number of furan rings is 1. The molecule has 29 heavy (non-hydrogen) atoms. The Hall–Kier alpha value is -4.10. The molecule has 0 saturated heterocycles. The number of nitrogens with zero attached hydrogens (tertiary/aromatic N) is 5. The maximum Gasteiger partial charge on any atom is 0.222 e. The molecule has 4 aromatic heterocycles. The molecule has 0 spiro atoms. The van der Waals surface area contributed by atoms with Crippen LogP contribution in [0.1, 0.15) is 39.7 Å². The highest BCUT2D eigenvalue weighted by Crippen LogP contribution is 2.30. The highest BCUT2D eigenvalue weighted by Gasteiger charge is 2.20. The lowest BCUT2D eigenvalue weighted by Crippen LogP contribution is -2.00. The van der Waals surface area contributed by atoms with Crippen LogP contribution >= 0.6 is 0 Å². The number of fused-ring (bicyclic) bond motifs is 1. The summed E-state index contributed by atoms with van der Waals surface area (Å²) in [5.41, 5.74) is 5.92. The first kappa shape index (κ1) is 18.3. The summed E-state index contributed by atoms with van der Waals surface area (Å²) < 4.78 is 7.79. The van der Waals surface area contributed by atoms with Gasteiger partial charge in [0.25, 0.3) is 0 Å². The van der Waals surface area contributed by atoms with Gasteiger partial charge in [-0.1, -0.05) is 0 Å². The molecular formula is C22H18N6O. The average Bonchev–Trinajstić information content (AvgIpc) is 3.34. The second-order valence-corrected chi connectivity index (χ2v) is 6.89. The maximum atomic E-state index is 9.71. The van der Waals surface area contributed by atoms with E-state index in [1.807, 2.05) is 38.3 Å². The smallest absolute Gasteiger partial charge is 0.222 e. The fraction of sp³-hybridized carbons (Fsp3) is 0.182. The van der Waals surface area contributed by atoms with Crippen LogP contribution in [0.4, 0.5) is 0 Å². The Labute approximate surface area is 167 Å². The molecule has 0 aliphatic rings. The van der Waals surface area contributed by atoms with Crippen molar-refractivity contribution in [2.24, 2.45) is 0 Å². The van der Waals surface area contributed by atoms with E-state index in [1.54, 1.807) is 24.5 Å². The molecule has 0 saturated carbocycles. The number of aromatic nitrogens is 4. The summed E-state index contributed by atoms with van der Waals surface area (Å²) in [6.07, 6.45) is 5.13. The van der Waals surface area contributed by atoms with Crippen molar-refractivity contribution in [3.8, 4) is 18.0 Å². The van der Waals surface area contributed by atoms with Crippen LogP contribution in [-0.2, 0) is 0 Å². The van der Waals surface area contributed by atoms with Crippen LogP contribution in [0.3, 0.4) is 0 Å². The normalized spacial score (nSPS) is 11.6. The minimum Gasteiger partial charge on any atom is -0.443 e. The van der Waals surface area contributed by atoms with Gasteiger partial charge in [0.05, 0.1) is 22.8 Å². The Bertz CT molecular complexity index is 1330. The number of nitrogens with one attached hydrogen (secondary N) is 1. The van der Waals surface area contributed by atoms with Crippen molar-refractivity contribution >= 4 is 22.7 Å². The minimum absolute atomic E-state index is 0.411. The molecule has 0 radical (unpaired) electrons. The van der Waals surface area contributed by atoms with Crippen molar-refractivity contribution < 1.29 is 4.42 Å². The largest absolute Gasteiger partial charge is 0.443 e. The molecule has 1 N–H and O–H groups in total. The number of allylic oxidation sites excluding steroid dienone is 1. The van der Waals surface area contributed by atoms with E-state index in [4.69, 9.17) is 4.42 Å². The Balaban J connectivity index is 1.85. The minimum atomic E-state index is 0.411. The summed E-state index contributed by atoms with van der Waals surface area (Å²) in [7, 11) is 0. The molecule has 0 aliphatic heterocycles. The quantitative estimate of drug-likeness (QED) is 0.525. The predicted molar refractivity (Wildman–Crippen MR) is 109 cm³/mol. The van der Waals surface area contributed by atoms with Crippen LogP contribution in [0.15, 0.2) is 28.9 Å². The third kappa shape index (κ3) is 2.90. The molecule has 4 aromatic rings. The molecule has 142 valence electrons. The van der Waals surface area contributed by atoms with Gasteiger partial charge in [-0.3, -0.25) is 9.55 Å². The number of pyridine rings is 1. The van der Waals surface area contributed by atoms with E-state index in [0.717, 1.165) is 39.3 Å². The van der Waals surface area contributed by atoms with Gasteiger partial charge in [-0.05, 0) is 51.5 Å². The van der Waals surface area contributed by atoms with Gasteiger partial charge in [0.2, 0.25) is 5.88 Å². The average molecular weight is 382 g/mol. The first-order valence-corrected chi connectivity index (χ1v) is 9.06. The van der Waals surface area contributed by atoms with E-state index in [1.165, 1.54) is 0 Å².